The molecular weight excluding hydrogens is 168 g/mol. The summed E-state index contributed by atoms with van der Waals surface area (Å²) in [7, 11) is 0. The predicted molar refractivity (Wildman–Crippen MR) is 53.3 cm³/mol. The highest BCUT2D eigenvalue weighted by Crippen LogP contribution is 2.19. The first-order chi connectivity index (χ1) is 5.63. The molecule has 1 heterocycles. The fraction of sp³-hybridized carbons (Fsp3) is 0.667. The summed E-state index contributed by atoms with van der Waals surface area (Å²) in [5, 5.41) is 1.06. The molecule has 1 rings (SSSR count). The normalized spacial score (nSPS) is 11.1. The lowest BCUT2D eigenvalue weighted by molar-refractivity contribution is 0.634. The van der Waals surface area contributed by atoms with Gasteiger partial charge < -0.3 is 5.73 Å². The summed E-state index contributed by atoms with van der Waals surface area (Å²) in [5.41, 5.74) is 6.74. The summed E-state index contributed by atoms with van der Waals surface area (Å²) in [6.07, 6.45) is 1.07. The van der Waals surface area contributed by atoms with Crippen LogP contribution in [0.25, 0.3) is 0 Å². The summed E-state index contributed by atoms with van der Waals surface area (Å²) in [4.78, 5) is 5.79. The van der Waals surface area contributed by atoms with Gasteiger partial charge in [0, 0.05) is 11.4 Å². The van der Waals surface area contributed by atoms with Gasteiger partial charge in [-0.05, 0) is 19.3 Å². The molecule has 0 aliphatic heterocycles. The molecule has 12 heavy (non-hydrogen) atoms. The molecule has 0 bridgehead atoms. The van der Waals surface area contributed by atoms with Crippen LogP contribution >= 0.6 is 11.3 Å². The van der Waals surface area contributed by atoms with Crippen LogP contribution in [0.15, 0.2) is 0 Å². The van der Waals surface area contributed by atoms with Crippen molar-refractivity contribution in [3.8, 4) is 0 Å². The quantitative estimate of drug-likeness (QED) is 0.781. The zero-order valence-electron chi connectivity index (χ0n) is 7.92. The highest BCUT2D eigenvalue weighted by molar-refractivity contribution is 7.11. The molecule has 0 saturated carbocycles. The highest BCUT2D eigenvalue weighted by Gasteiger charge is 2.07. The van der Waals surface area contributed by atoms with E-state index >= 15 is 0 Å². The molecule has 0 aliphatic rings. The molecule has 0 saturated heterocycles. The summed E-state index contributed by atoms with van der Waals surface area (Å²) in [6, 6.07) is 0. The van der Waals surface area contributed by atoms with Crippen molar-refractivity contribution in [2.75, 3.05) is 0 Å². The first-order valence-electron chi connectivity index (χ1n) is 4.28. The van der Waals surface area contributed by atoms with E-state index in [1.807, 2.05) is 0 Å². The highest BCUT2D eigenvalue weighted by atomic mass is 32.1. The smallest absolute Gasteiger partial charge is 0.107 e. The molecule has 3 heteroatoms. The van der Waals surface area contributed by atoms with E-state index in [4.69, 9.17) is 5.73 Å². The van der Waals surface area contributed by atoms with E-state index in [9.17, 15) is 0 Å². The van der Waals surface area contributed by atoms with Gasteiger partial charge in [-0.1, -0.05) is 13.8 Å². The van der Waals surface area contributed by atoms with Crippen LogP contribution in [-0.4, -0.2) is 4.98 Å². The molecule has 68 valence electrons. The minimum absolute atomic E-state index is 0.573. The van der Waals surface area contributed by atoms with Crippen LogP contribution in [0.4, 0.5) is 0 Å². The third-order valence-corrected chi connectivity index (χ3v) is 2.75. The third-order valence-electron chi connectivity index (χ3n) is 1.71. The summed E-state index contributed by atoms with van der Waals surface area (Å²) < 4.78 is 0. The summed E-state index contributed by atoms with van der Waals surface area (Å²) in [5.74, 6) is 0.677. The largest absolute Gasteiger partial charge is 0.325 e. The van der Waals surface area contributed by atoms with Crippen molar-refractivity contribution in [1.82, 2.24) is 4.98 Å². The third kappa shape index (κ3) is 2.29. The summed E-state index contributed by atoms with van der Waals surface area (Å²) >= 11 is 1.72. The Morgan fingerprint density at radius 3 is 2.58 bits per heavy atom. The van der Waals surface area contributed by atoms with Gasteiger partial charge in [0.1, 0.15) is 5.01 Å². The molecule has 0 amide bonds. The van der Waals surface area contributed by atoms with Crippen LogP contribution in [0.2, 0.25) is 0 Å². The van der Waals surface area contributed by atoms with Gasteiger partial charge in [0.25, 0.3) is 0 Å². The number of aryl methyl sites for hydroxylation is 1. The molecule has 0 spiro atoms. The number of thiazole rings is 1. The van der Waals surface area contributed by atoms with Crippen LogP contribution in [0.1, 0.15) is 29.4 Å². The number of nitrogens with two attached hydrogens (primary N) is 1. The molecule has 0 aliphatic carbocycles. The minimum atomic E-state index is 0.573. The van der Waals surface area contributed by atoms with E-state index in [1.165, 1.54) is 10.6 Å². The Morgan fingerprint density at radius 2 is 2.17 bits per heavy atom. The molecular formula is C9H16N2S. The van der Waals surface area contributed by atoms with Crippen molar-refractivity contribution in [3.63, 3.8) is 0 Å². The second-order valence-electron chi connectivity index (χ2n) is 3.41. The molecule has 2 nitrogen and oxygen atoms in total. The fourth-order valence-corrected chi connectivity index (χ4v) is 1.99. The van der Waals surface area contributed by atoms with Gasteiger partial charge in [0.05, 0.1) is 5.69 Å². The Morgan fingerprint density at radius 1 is 1.50 bits per heavy atom. The Bertz CT molecular complexity index is 253. The van der Waals surface area contributed by atoms with Gasteiger partial charge in [-0.25, -0.2) is 4.98 Å². The van der Waals surface area contributed by atoms with Crippen LogP contribution < -0.4 is 5.73 Å². The monoisotopic (exact) mass is 184 g/mol. The number of rotatable bonds is 3. The Labute approximate surface area is 77.8 Å². The molecule has 0 fully saturated rings. The molecule has 0 aromatic carbocycles. The van der Waals surface area contributed by atoms with Crippen molar-refractivity contribution in [3.05, 3.63) is 15.6 Å². The van der Waals surface area contributed by atoms with E-state index in [0.717, 1.165) is 11.4 Å². The average Bonchev–Trinajstić information content (AvgIpc) is 2.31. The van der Waals surface area contributed by atoms with Gasteiger partial charge in [0.2, 0.25) is 0 Å². The lowest BCUT2D eigenvalue weighted by Gasteiger charge is -2.00. The standard InChI is InChI=1S/C9H16N2S/c1-6(2)4-8-7(3)12-9(5-10)11-8/h6H,4-5,10H2,1-3H3. The maximum atomic E-state index is 5.51. The van der Waals surface area contributed by atoms with Crippen molar-refractivity contribution < 1.29 is 0 Å². The average molecular weight is 184 g/mol. The van der Waals surface area contributed by atoms with Crippen LogP contribution in [-0.2, 0) is 13.0 Å². The van der Waals surface area contributed by atoms with Gasteiger partial charge in [0.15, 0.2) is 0 Å². The number of nitrogens with zero attached hydrogens (tertiary/aromatic N) is 1. The number of aromatic nitrogens is 1. The zero-order valence-corrected chi connectivity index (χ0v) is 8.74. The Balaban J connectivity index is 2.77. The first kappa shape index (κ1) is 9.68. The number of hydrogen-bond acceptors (Lipinski definition) is 3. The Kier molecular flexibility index (Phi) is 3.23. The van der Waals surface area contributed by atoms with Gasteiger partial charge in [-0.3, -0.25) is 0 Å². The topological polar surface area (TPSA) is 38.9 Å². The lowest BCUT2D eigenvalue weighted by Crippen LogP contribution is -1.98. The van der Waals surface area contributed by atoms with Crippen LogP contribution in [0, 0.1) is 12.8 Å². The van der Waals surface area contributed by atoms with Crippen molar-refractivity contribution in [2.45, 2.75) is 33.7 Å². The van der Waals surface area contributed by atoms with E-state index in [1.54, 1.807) is 11.3 Å². The second kappa shape index (κ2) is 4.01. The second-order valence-corrected chi connectivity index (χ2v) is 4.70. The Hall–Kier alpha value is -0.410. The van der Waals surface area contributed by atoms with E-state index in [2.05, 4.69) is 25.8 Å². The van der Waals surface area contributed by atoms with Crippen molar-refractivity contribution in [1.29, 1.82) is 0 Å². The minimum Gasteiger partial charge on any atom is -0.325 e. The van der Waals surface area contributed by atoms with Crippen molar-refractivity contribution >= 4 is 11.3 Å². The van der Waals surface area contributed by atoms with Gasteiger partial charge >= 0.3 is 0 Å². The summed E-state index contributed by atoms with van der Waals surface area (Å²) in [6.45, 7) is 7.11. The maximum absolute atomic E-state index is 5.51. The lowest BCUT2D eigenvalue weighted by atomic mass is 10.1. The fourth-order valence-electron chi connectivity index (χ4n) is 1.15. The van der Waals surface area contributed by atoms with Crippen molar-refractivity contribution in [2.24, 2.45) is 11.7 Å². The molecule has 0 atom stereocenters. The van der Waals surface area contributed by atoms with Gasteiger partial charge in [-0.2, -0.15) is 0 Å². The van der Waals surface area contributed by atoms with E-state index in [0.29, 0.717) is 12.5 Å². The molecule has 0 unspecified atom stereocenters. The van der Waals surface area contributed by atoms with Crippen LogP contribution in [0.3, 0.4) is 0 Å². The zero-order chi connectivity index (χ0) is 9.14. The van der Waals surface area contributed by atoms with Crippen LogP contribution in [0.5, 0.6) is 0 Å². The molecule has 1 aromatic rings. The SMILES string of the molecule is Cc1sc(CN)nc1CC(C)C. The number of hydrogen-bond donors (Lipinski definition) is 1. The predicted octanol–water partition coefficient (Wildman–Crippen LogP) is 2.11. The van der Waals surface area contributed by atoms with E-state index in [-0.39, 0.29) is 0 Å². The maximum Gasteiger partial charge on any atom is 0.107 e. The van der Waals surface area contributed by atoms with E-state index < -0.39 is 0 Å². The molecule has 0 radical (unpaired) electrons. The molecule has 2 N–H and O–H groups in total. The first-order valence-corrected chi connectivity index (χ1v) is 5.10. The van der Waals surface area contributed by atoms with Gasteiger partial charge in [-0.15, -0.1) is 11.3 Å². The molecule has 1 aromatic heterocycles.